The zero-order valence-corrected chi connectivity index (χ0v) is 9.21. The average molecular weight is 231 g/mol. The Morgan fingerprint density at radius 1 is 1.73 bits per heavy atom. The van der Waals surface area contributed by atoms with Crippen LogP contribution < -0.4 is 5.32 Å². The lowest BCUT2D eigenvalue weighted by molar-refractivity contribution is -0.122. The van der Waals surface area contributed by atoms with Crippen LogP contribution in [0.25, 0.3) is 0 Å². The van der Waals surface area contributed by atoms with Gasteiger partial charge in [0.25, 0.3) is 0 Å². The zero-order valence-electron chi connectivity index (χ0n) is 8.39. The summed E-state index contributed by atoms with van der Waals surface area (Å²) in [7, 11) is 0. The fourth-order valence-corrected chi connectivity index (χ4v) is 1.07. The van der Waals surface area contributed by atoms with Gasteiger partial charge in [-0.1, -0.05) is 10.3 Å². The molecule has 1 heterocycles. The maximum Gasteiger partial charge on any atom is 0.241 e. The highest BCUT2D eigenvalue weighted by atomic mass is 32.1. The third-order valence-corrected chi connectivity index (χ3v) is 1.91. The van der Waals surface area contributed by atoms with Crippen molar-refractivity contribution in [1.29, 1.82) is 0 Å². The van der Waals surface area contributed by atoms with Crippen LogP contribution in [0.3, 0.4) is 0 Å². The number of tetrazole rings is 1. The Morgan fingerprint density at radius 2 is 2.53 bits per heavy atom. The molecule has 1 rings (SSSR count). The van der Waals surface area contributed by atoms with Crippen molar-refractivity contribution in [2.24, 2.45) is 0 Å². The maximum atomic E-state index is 11.3. The standard InChI is InChI=1S/C7H13N5O2S/c1-2-14-4-3-8-6(13)5-12-7(15)9-10-11-12/h2-5H2,1H3,(H,8,13)(H,9,11,15). The molecule has 0 aliphatic rings. The molecule has 2 N–H and O–H groups in total. The molecular formula is C7H13N5O2S. The van der Waals surface area contributed by atoms with E-state index in [9.17, 15) is 4.79 Å². The van der Waals surface area contributed by atoms with Crippen LogP contribution in [0.5, 0.6) is 0 Å². The van der Waals surface area contributed by atoms with E-state index in [0.717, 1.165) is 0 Å². The summed E-state index contributed by atoms with van der Waals surface area (Å²) >= 11 is 4.81. The van der Waals surface area contributed by atoms with Gasteiger partial charge in [-0.3, -0.25) is 4.79 Å². The number of H-pyrrole nitrogens is 1. The lowest BCUT2D eigenvalue weighted by Crippen LogP contribution is -2.31. The first kappa shape index (κ1) is 11.8. The van der Waals surface area contributed by atoms with E-state index in [1.807, 2.05) is 6.92 Å². The highest BCUT2D eigenvalue weighted by Crippen LogP contribution is 1.83. The smallest absolute Gasteiger partial charge is 0.241 e. The van der Waals surface area contributed by atoms with Gasteiger partial charge in [-0.15, -0.1) is 0 Å². The lowest BCUT2D eigenvalue weighted by atomic mass is 10.5. The number of carbonyl (C=O) groups excluding carboxylic acids is 1. The second-order valence-electron chi connectivity index (χ2n) is 2.72. The highest BCUT2D eigenvalue weighted by Gasteiger charge is 2.03. The van der Waals surface area contributed by atoms with E-state index < -0.39 is 0 Å². The molecule has 0 aliphatic carbocycles. The molecule has 0 spiro atoms. The van der Waals surface area contributed by atoms with Crippen LogP contribution in [0.4, 0.5) is 0 Å². The highest BCUT2D eigenvalue weighted by molar-refractivity contribution is 7.71. The van der Waals surface area contributed by atoms with Crippen LogP contribution in [0.1, 0.15) is 6.92 Å². The first-order chi connectivity index (χ1) is 7.24. The van der Waals surface area contributed by atoms with Crippen LogP contribution in [-0.2, 0) is 16.1 Å². The maximum absolute atomic E-state index is 11.3. The predicted molar refractivity (Wildman–Crippen MR) is 54.7 cm³/mol. The number of amides is 1. The number of aromatic amines is 1. The van der Waals surface area contributed by atoms with Gasteiger partial charge in [-0.2, -0.15) is 5.21 Å². The van der Waals surface area contributed by atoms with E-state index in [2.05, 4.69) is 20.8 Å². The van der Waals surface area contributed by atoms with Gasteiger partial charge in [0.2, 0.25) is 10.7 Å². The molecule has 1 aromatic heterocycles. The number of carbonyl (C=O) groups is 1. The van der Waals surface area contributed by atoms with Gasteiger partial charge < -0.3 is 10.1 Å². The molecule has 7 nitrogen and oxygen atoms in total. The van der Waals surface area contributed by atoms with Crippen molar-refractivity contribution in [3.05, 3.63) is 4.77 Å². The summed E-state index contributed by atoms with van der Waals surface area (Å²) in [5.41, 5.74) is 0. The Kier molecular flexibility index (Phi) is 4.91. The molecule has 1 amide bonds. The zero-order chi connectivity index (χ0) is 11.1. The van der Waals surface area contributed by atoms with E-state index in [0.29, 0.717) is 19.8 Å². The number of hydrogen-bond acceptors (Lipinski definition) is 5. The average Bonchev–Trinajstić information content (AvgIpc) is 2.59. The van der Waals surface area contributed by atoms with Crippen LogP contribution in [-0.4, -0.2) is 45.9 Å². The molecular weight excluding hydrogens is 218 g/mol. The van der Waals surface area contributed by atoms with Crippen LogP contribution in [0.2, 0.25) is 0 Å². The number of ether oxygens (including phenoxy) is 1. The Hall–Kier alpha value is -1.28. The molecule has 0 unspecified atom stereocenters. The van der Waals surface area contributed by atoms with Gasteiger partial charge >= 0.3 is 0 Å². The minimum absolute atomic E-state index is 0.0952. The van der Waals surface area contributed by atoms with Crippen molar-refractivity contribution in [3.63, 3.8) is 0 Å². The van der Waals surface area contributed by atoms with Gasteiger partial charge in [-0.25, -0.2) is 4.68 Å². The third-order valence-electron chi connectivity index (χ3n) is 1.61. The number of aromatic nitrogens is 4. The minimum Gasteiger partial charge on any atom is -0.380 e. The molecule has 0 saturated heterocycles. The first-order valence-electron chi connectivity index (χ1n) is 4.56. The summed E-state index contributed by atoms with van der Waals surface area (Å²) < 4.78 is 6.71. The molecule has 0 aliphatic heterocycles. The Morgan fingerprint density at radius 3 is 3.13 bits per heavy atom. The number of hydrogen-bond donors (Lipinski definition) is 2. The predicted octanol–water partition coefficient (Wildman–Crippen LogP) is -0.512. The molecule has 1 aromatic rings. The Labute approximate surface area is 91.8 Å². The molecule has 0 fully saturated rings. The van der Waals surface area contributed by atoms with E-state index in [4.69, 9.17) is 17.0 Å². The summed E-state index contributed by atoms with van der Waals surface area (Å²) in [4.78, 5) is 11.3. The summed E-state index contributed by atoms with van der Waals surface area (Å²) in [6, 6.07) is 0. The van der Waals surface area contributed by atoms with Gasteiger partial charge in [-0.05, 0) is 19.1 Å². The molecule has 0 saturated carbocycles. The summed E-state index contributed by atoms with van der Waals surface area (Å²) in [5, 5.41) is 12.2. The Bertz CT molecular complexity index is 360. The number of nitrogens with one attached hydrogen (secondary N) is 2. The Balaban J connectivity index is 2.25. The number of nitrogens with zero attached hydrogens (tertiary/aromatic N) is 3. The van der Waals surface area contributed by atoms with Crippen LogP contribution in [0.15, 0.2) is 0 Å². The van der Waals surface area contributed by atoms with Crippen molar-refractivity contribution in [1.82, 2.24) is 25.5 Å². The largest absolute Gasteiger partial charge is 0.380 e. The van der Waals surface area contributed by atoms with Crippen LogP contribution >= 0.6 is 12.2 Å². The van der Waals surface area contributed by atoms with E-state index in [1.54, 1.807) is 0 Å². The second-order valence-corrected chi connectivity index (χ2v) is 3.08. The molecule has 0 bridgehead atoms. The van der Waals surface area contributed by atoms with Crippen molar-refractivity contribution in [2.45, 2.75) is 13.5 Å². The molecule has 84 valence electrons. The molecule has 8 heteroatoms. The summed E-state index contributed by atoms with van der Waals surface area (Å²) in [6.07, 6.45) is 0. The molecule has 0 atom stereocenters. The van der Waals surface area contributed by atoms with E-state index in [1.165, 1.54) is 4.68 Å². The van der Waals surface area contributed by atoms with Crippen molar-refractivity contribution in [3.8, 4) is 0 Å². The lowest BCUT2D eigenvalue weighted by Gasteiger charge is -2.04. The van der Waals surface area contributed by atoms with Gasteiger partial charge in [0.15, 0.2) is 0 Å². The van der Waals surface area contributed by atoms with E-state index in [-0.39, 0.29) is 17.2 Å². The number of rotatable bonds is 6. The monoisotopic (exact) mass is 231 g/mol. The molecule has 0 radical (unpaired) electrons. The fourth-order valence-electron chi connectivity index (χ4n) is 0.925. The quantitative estimate of drug-likeness (QED) is 0.509. The minimum atomic E-state index is -0.156. The fraction of sp³-hybridized carbons (Fsp3) is 0.714. The van der Waals surface area contributed by atoms with Gasteiger partial charge in [0, 0.05) is 13.2 Å². The summed E-state index contributed by atoms with van der Waals surface area (Å²) in [5.74, 6) is -0.156. The SMILES string of the molecule is CCOCCNC(=O)Cn1[nH]nnc1=S. The normalized spacial score (nSPS) is 10.2. The van der Waals surface area contributed by atoms with E-state index >= 15 is 0 Å². The van der Waals surface area contributed by atoms with Crippen molar-refractivity contribution >= 4 is 18.1 Å². The molecule has 0 aromatic carbocycles. The van der Waals surface area contributed by atoms with Gasteiger partial charge in [0.1, 0.15) is 6.54 Å². The van der Waals surface area contributed by atoms with Crippen LogP contribution in [0, 0.1) is 4.77 Å². The first-order valence-corrected chi connectivity index (χ1v) is 4.97. The van der Waals surface area contributed by atoms with Crippen molar-refractivity contribution in [2.75, 3.05) is 19.8 Å². The van der Waals surface area contributed by atoms with Crippen molar-refractivity contribution < 1.29 is 9.53 Å². The topological polar surface area (TPSA) is 84.8 Å². The summed E-state index contributed by atoms with van der Waals surface area (Å²) in [6.45, 7) is 3.64. The second kappa shape index (κ2) is 6.25. The molecule has 15 heavy (non-hydrogen) atoms. The van der Waals surface area contributed by atoms with Gasteiger partial charge in [0.05, 0.1) is 6.61 Å². The third kappa shape index (κ3) is 4.17.